The molecule has 0 aromatic carbocycles. The molecule has 1 aliphatic heterocycles. The highest BCUT2D eigenvalue weighted by atomic mass is 32.1. The van der Waals surface area contributed by atoms with Gasteiger partial charge in [-0.15, -0.1) is 11.3 Å². The zero-order valence-corrected chi connectivity index (χ0v) is 11.1. The highest BCUT2D eigenvalue weighted by Gasteiger charge is 2.19. The molecule has 0 saturated carbocycles. The van der Waals surface area contributed by atoms with Crippen LogP contribution < -0.4 is 5.73 Å². The lowest BCUT2D eigenvalue weighted by Crippen LogP contribution is -2.43. The molecule has 18 heavy (non-hydrogen) atoms. The van der Waals surface area contributed by atoms with Crippen molar-refractivity contribution in [3.63, 3.8) is 0 Å². The Balaban J connectivity index is 1.90. The zero-order valence-electron chi connectivity index (χ0n) is 10.3. The lowest BCUT2D eigenvalue weighted by atomic mass is 10.2. The van der Waals surface area contributed by atoms with Gasteiger partial charge in [0.05, 0.1) is 25.9 Å². The number of hydrogen-bond acceptors (Lipinski definition) is 5. The topological polar surface area (TPSA) is 58.7 Å². The molecule has 0 aliphatic carbocycles. The van der Waals surface area contributed by atoms with Gasteiger partial charge in [-0.1, -0.05) is 11.8 Å². The molecule has 0 bridgehead atoms. The first-order valence-electron chi connectivity index (χ1n) is 6.03. The second kappa shape index (κ2) is 6.88. The number of morpholine rings is 1. The maximum absolute atomic E-state index is 9.10. The molecule has 0 amide bonds. The van der Waals surface area contributed by atoms with Crippen LogP contribution in [0.15, 0.2) is 11.4 Å². The van der Waals surface area contributed by atoms with Crippen molar-refractivity contribution in [1.29, 1.82) is 0 Å². The summed E-state index contributed by atoms with van der Waals surface area (Å²) >= 11 is 1.71. The number of ether oxygens (including phenoxy) is 1. The van der Waals surface area contributed by atoms with E-state index in [4.69, 9.17) is 15.6 Å². The van der Waals surface area contributed by atoms with E-state index >= 15 is 0 Å². The normalized spacial score (nSPS) is 20.4. The van der Waals surface area contributed by atoms with Crippen LogP contribution in [0.5, 0.6) is 0 Å². The summed E-state index contributed by atoms with van der Waals surface area (Å²) < 4.78 is 5.43. The third-order valence-electron chi connectivity index (χ3n) is 2.79. The molecule has 0 spiro atoms. The number of nitrogens with zero attached hydrogens (tertiary/aromatic N) is 1. The molecule has 1 fully saturated rings. The number of thiophene rings is 1. The quantitative estimate of drug-likeness (QED) is 0.770. The van der Waals surface area contributed by atoms with Crippen LogP contribution in [-0.4, -0.2) is 49.0 Å². The Morgan fingerprint density at radius 1 is 1.61 bits per heavy atom. The minimum atomic E-state index is -0.0461. The van der Waals surface area contributed by atoms with Gasteiger partial charge in [-0.25, -0.2) is 0 Å². The molecule has 2 rings (SSSR count). The van der Waals surface area contributed by atoms with Crippen molar-refractivity contribution in [3.05, 3.63) is 21.9 Å². The Labute approximate surface area is 111 Å². The molecule has 1 saturated heterocycles. The SMILES string of the molecule is NCC#Cc1csc(CN2CCOC(CO)C2)c1. The van der Waals surface area contributed by atoms with Crippen LogP contribution in [0, 0.1) is 11.8 Å². The fraction of sp³-hybridized carbons (Fsp3) is 0.538. The highest BCUT2D eigenvalue weighted by Crippen LogP contribution is 2.17. The lowest BCUT2D eigenvalue weighted by molar-refractivity contribution is -0.0548. The van der Waals surface area contributed by atoms with E-state index in [-0.39, 0.29) is 12.7 Å². The van der Waals surface area contributed by atoms with Gasteiger partial charge in [-0.2, -0.15) is 0 Å². The van der Waals surface area contributed by atoms with Crippen LogP contribution in [0.4, 0.5) is 0 Å². The first-order chi connectivity index (χ1) is 8.81. The van der Waals surface area contributed by atoms with E-state index in [9.17, 15) is 0 Å². The predicted molar refractivity (Wildman–Crippen MR) is 72.4 cm³/mol. The molecular weight excluding hydrogens is 248 g/mol. The van der Waals surface area contributed by atoms with Gasteiger partial charge in [0, 0.05) is 35.5 Å². The van der Waals surface area contributed by atoms with E-state index in [2.05, 4.69) is 28.2 Å². The van der Waals surface area contributed by atoms with Gasteiger partial charge in [0.15, 0.2) is 0 Å². The molecule has 1 atom stereocenters. The molecule has 1 unspecified atom stereocenters. The van der Waals surface area contributed by atoms with Gasteiger partial charge in [-0.05, 0) is 6.07 Å². The van der Waals surface area contributed by atoms with Gasteiger partial charge >= 0.3 is 0 Å². The van der Waals surface area contributed by atoms with Crippen molar-refractivity contribution in [2.24, 2.45) is 5.73 Å². The van der Waals surface area contributed by atoms with Crippen molar-refractivity contribution in [2.45, 2.75) is 12.6 Å². The number of hydrogen-bond donors (Lipinski definition) is 2. The van der Waals surface area contributed by atoms with Crippen LogP contribution in [0.1, 0.15) is 10.4 Å². The maximum Gasteiger partial charge on any atom is 0.0933 e. The van der Waals surface area contributed by atoms with Crippen molar-refractivity contribution >= 4 is 11.3 Å². The summed E-state index contributed by atoms with van der Waals surface area (Å²) in [5.74, 6) is 5.89. The largest absolute Gasteiger partial charge is 0.394 e. The van der Waals surface area contributed by atoms with E-state index in [1.807, 2.05) is 0 Å². The van der Waals surface area contributed by atoms with E-state index in [1.165, 1.54) is 4.88 Å². The third-order valence-corrected chi connectivity index (χ3v) is 3.72. The van der Waals surface area contributed by atoms with Crippen LogP contribution in [0.2, 0.25) is 0 Å². The Hall–Kier alpha value is -0.900. The number of aliphatic hydroxyl groups excluding tert-OH is 1. The molecule has 5 heteroatoms. The lowest BCUT2D eigenvalue weighted by Gasteiger charge is -2.31. The summed E-state index contributed by atoms with van der Waals surface area (Å²) in [6, 6.07) is 2.11. The van der Waals surface area contributed by atoms with Crippen molar-refractivity contribution in [2.75, 3.05) is 32.8 Å². The van der Waals surface area contributed by atoms with Crippen molar-refractivity contribution in [3.8, 4) is 11.8 Å². The minimum absolute atomic E-state index is 0.0461. The van der Waals surface area contributed by atoms with Gasteiger partial charge in [0.1, 0.15) is 0 Å². The monoisotopic (exact) mass is 266 g/mol. The molecule has 2 heterocycles. The summed E-state index contributed by atoms with van der Waals surface area (Å²) in [6.45, 7) is 3.78. The maximum atomic E-state index is 9.10. The number of nitrogens with two attached hydrogens (primary N) is 1. The minimum Gasteiger partial charge on any atom is -0.394 e. The Bertz CT molecular complexity index is 436. The Kier molecular flexibility index (Phi) is 5.17. The fourth-order valence-corrected chi connectivity index (χ4v) is 2.79. The highest BCUT2D eigenvalue weighted by molar-refractivity contribution is 7.10. The van der Waals surface area contributed by atoms with Crippen LogP contribution in [0.3, 0.4) is 0 Å². The molecule has 3 N–H and O–H groups in total. The van der Waals surface area contributed by atoms with E-state index in [0.29, 0.717) is 13.2 Å². The van der Waals surface area contributed by atoms with Crippen molar-refractivity contribution < 1.29 is 9.84 Å². The van der Waals surface area contributed by atoms with E-state index in [1.54, 1.807) is 11.3 Å². The Morgan fingerprint density at radius 2 is 2.50 bits per heavy atom. The first-order valence-corrected chi connectivity index (χ1v) is 6.91. The predicted octanol–water partition coefficient (Wildman–Crippen LogP) is 0.251. The zero-order chi connectivity index (χ0) is 12.8. The van der Waals surface area contributed by atoms with E-state index in [0.717, 1.165) is 25.2 Å². The van der Waals surface area contributed by atoms with Crippen LogP contribution in [-0.2, 0) is 11.3 Å². The van der Waals surface area contributed by atoms with Gasteiger partial charge in [0.2, 0.25) is 0 Å². The third kappa shape index (κ3) is 3.80. The molecular formula is C13H18N2O2S. The smallest absolute Gasteiger partial charge is 0.0933 e. The fourth-order valence-electron chi connectivity index (χ4n) is 1.94. The van der Waals surface area contributed by atoms with Crippen LogP contribution >= 0.6 is 11.3 Å². The Morgan fingerprint density at radius 3 is 3.28 bits per heavy atom. The number of aliphatic hydroxyl groups is 1. The summed E-state index contributed by atoms with van der Waals surface area (Å²) in [5.41, 5.74) is 6.38. The molecule has 1 aliphatic rings. The number of rotatable bonds is 3. The van der Waals surface area contributed by atoms with Crippen molar-refractivity contribution in [1.82, 2.24) is 4.90 Å². The summed E-state index contributed by atoms with van der Waals surface area (Å²) in [6.07, 6.45) is -0.0461. The van der Waals surface area contributed by atoms with Gasteiger partial charge < -0.3 is 15.6 Å². The molecule has 4 nitrogen and oxygen atoms in total. The van der Waals surface area contributed by atoms with Crippen LogP contribution in [0.25, 0.3) is 0 Å². The second-order valence-electron chi connectivity index (χ2n) is 4.22. The summed E-state index contributed by atoms with van der Waals surface area (Å²) in [5, 5.41) is 11.2. The van der Waals surface area contributed by atoms with E-state index < -0.39 is 0 Å². The first kappa shape index (κ1) is 13.5. The average molecular weight is 266 g/mol. The van der Waals surface area contributed by atoms with Gasteiger partial charge in [-0.3, -0.25) is 4.90 Å². The average Bonchev–Trinajstić information content (AvgIpc) is 2.84. The molecule has 0 radical (unpaired) electrons. The molecule has 1 aromatic rings. The standard InChI is InChI=1S/C13H18N2O2S/c14-3-1-2-11-6-13(18-10-11)8-15-4-5-17-12(7-15)9-16/h6,10,12,16H,3-5,7-9,14H2. The van der Waals surface area contributed by atoms with Gasteiger partial charge in [0.25, 0.3) is 0 Å². The summed E-state index contributed by atoms with van der Waals surface area (Å²) in [7, 11) is 0. The summed E-state index contributed by atoms with van der Waals surface area (Å²) in [4.78, 5) is 3.59. The molecule has 98 valence electrons. The molecule has 1 aromatic heterocycles. The second-order valence-corrected chi connectivity index (χ2v) is 5.21.